The summed E-state index contributed by atoms with van der Waals surface area (Å²) in [5.41, 5.74) is 2.86. The molecule has 2 N–H and O–H groups in total. The molecule has 2 fully saturated rings. The van der Waals surface area contributed by atoms with Gasteiger partial charge in [-0.25, -0.2) is 0 Å². The van der Waals surface area contributed by atoms with Crippen LogP contribution in [-0.4, -0.2) is 37.4 Å². The van der Waals surface area contributed by atoms with E-state index in [1.165, 1.54) is 31.5 Å². The third-order valence-electron chi connectivity index (χ3n) is 6.52. The van der Waals surface area contributed by atoms with Gasteiger partial charge in [0.2, 0.25) is 0 Å². The van der Waals surface area contributed by atoms with Crippen molar-refractivity contribution in [3.05, 3.63) is 34.6 Å². The molecule has 2 aliphatic rings. The minimum atomic E-state index is -1.81. The molecule has 0 spiro atoms. The van der Waals surface area contributed by atoms with Crippen molar-refractivity contribution >= 4 is 24.2 Å². The summed E-state index contributed by atoms with van der Waals surface area (Å²) in [6.07, 6.45) is 7.09. The fourth-order valence-electron chi connectivity index (χ4n) is 4.36. The SMILES string of the molecule is CCCCCC(/C(C)=N/CNP12(C)CCC1CN2)c1cc(F)cc(Cl)c1. The van der Waals surface area contributed by atoms with Crippen LogP contribution in [0.5, 0.6) is 0 Å². The summed E-state index contributed by atoms with van der Waals surface area (Å²) >= 11 is 6.10. The average molecular weight is 400 g/mol. The van der Waals surface area contributed by atoms with Crippen molar-refractivity contribution in [2.24, 2.45) is 4.99 Å². The van der Waals surface area contributed by atoms with Crippen LogP contribution < -0.4 is 10.2 Å². The van der Waals surface area contributed by atoms with E-state index >= 15 is 0 Å². The Morgan fingerprint density at radius 2 is 2.23 bits per heavy atom. The number of nitrogens with zero attached hydrogens (tertiary/aromatic N) is 1. The number of halogens is 2. The van der Waals surface area contributed by atoms with E-state index in [0.717, 1.165) is 36.3 Å². The summed E-state index contributed by atoms with van der Waals surface area (Å²) in [4.78, 5) is 4.85. The molecule has 1 aromatic carbocycles. The Balaban J connectivity index is 1.70. The van der Waals surface area contributed by atoms with Gasteiger partial charge in [-0.3, -0.25) is 0 Å². The van der Waals surface area contributed by atoms with Gasteiger partial charge >= 0.3 is 162 Å². The van der Waals surface area contributed by atoms with Gasteiger partial charge in [0.15, 0.2) is 0 Å². The monoisotopic (exact) mass is 399 g/mol. The molecule has 6 heteroatoms. The van der Waals surface area contributed by atoms with Gasteiger partial charge in [-0.15, -0.1) is 0 Å². The Hall–Kier alpha value is -0.540. The molecule has 2 aliphatic heterocycles. The maximum atomic E-state index is 13.9. The van der Waals surface area contributed by atoms with Crippen molar-refractivity contribution in [1.29, 1.82) is 0 Å². The van der Waals surface area contributed by atoms with Gasteiger partial charge in [0, 0.05) is 0 Å². The number of aliphatic imine (C=N–C) groups is 1. The Kier molecular flexibility index (Phi) is 6.08. The number of fused-ring (bicyclic) bond motifs is 1. The van der Waals surface area contributed by atoms with E-state index < -0.39 is 6.90 Å². The van der Waals surface area contributed by atoms with Crippen LogP contribution in [-0.2, 0) is 0 Å². The fraction of sp³-hybridized carbons (Fsp3) is 0.650. The molecule has 26 heavy (non-hydrogen) atoms. The first-order chi connectivity index (χ1) is 12.3. The van der Waals surface area contributed by atoms with Crippen LogP contribution in [0, 0.1) is 5.82 Å². The van der Waals surface area contributed by atoms with Crippen molar-refractivity contribution in [2.75, 3.05) is 26.0 Å². The second kappa shape index (κ2) is 7.83. The Bertz CT molecular complexity index is 665. The Morgan fingerprint density at radius 1 is 1.42 bits per heavy atom. The van der Waals surface area contributed by atoms with E-state index in [4.69, 9.17) is 16.6 Å². The Morgan fingerprint density at radius 3 is 2.77 bits per heavy atom. The molecular weight excluding hydrogens is 368 g/mol. The summed E-state index contributed by atoms with van der Waals surface area (Å²) < 4.78 is 13.9. The summed E-state index contributed by atoms with van der Waals surface area (Å²) in [6.45, 7) is 6.67. The van der Waals surface area contributed by atoms with Gasteiger partial charge in [-0.05, 0) is 0 Å². The van der Waals surface area contributed by atoms with Crippen molar-refractivity contribution in [2.45, 2.75) is 57.5 Å². The summed E-state index contributed by atoms with van der Waals surface area (Å²) in [7, 11) is 0. The van der Waals surface area contributed by atoms with Gasteiger partial charge in [0.25, 0.3) is 0 Å². The van der Waals surface area contributed by atoms with Gasteiger partial charge in [0.05, 0.1) is 0 Å². The fourth-order valence-corrected chi connectivity index (χ4v) is 8.64. The molecule has 0 radical (unpaired) electrons. The number of benzene rings is 1. The number of unbranched alkanes of at least 4 members (excludes halogenated alkanes) is 2. The molecule has 0 bridgehead atoms. The molecule has 3 rings (SSSR count). The molecule has 2 saturated heterocycles. The molecular formula is C20H32ClFN3P. The third kappa shape index (κ3) is 3.99. The van der Waals surface area contributed by atoms with Gasteiger partial charge in [0.1, 0.15) is 0 Å². The first kappa shape index (κ1) is 20.2. The zero-order valence-corrected chi connectivity index (χ0v) is 17.8. The predicted molar refractivity (Wildman–Crippen MR) is 114 cm³/mol. The van der Waals surface area contributed by atoms with E-state index in [-0.39, 0.29) is 11.7 Å². The van der Waals surface area contributed by atoms with E-state index in [0.29, 0.717) is 11.7 Å². The second-order valence-electron chi connectivity index (χ2n) is 8.29. The van der Waals surface area contributed by atoms with Crippen molar-refractivity contribution in [3.63, 3.8) is 0 Å². The van der Waals surface area contributed by atoms with Gasteiger partial charge in [-0.2, -0.15) is 0 Å². The van der Waals surface area contributed by atoms with Gasteiger partial charge in [-0.1, -0.05) is 0 Å². The topological polar surface area (TPSA) is 36.4 Å². The zero-order chi connectivity index (χ0) is 18.8. The number of rotatable bonds is 9. The van der Waals surface area contributed by atoms with Crippen molar-refractivity contribution in [3.8, 4) is 0 Å². The van der Waals surface area contributed by atoms with E-state index in [9.17, 15) is 4.39 Å². The van der Waals surface area contributed by atoms with E-state index in [2.05, 4.69) is 30.7 Å². The maximum absolute atomic E-state index is 13.9. The van der Waals surface area contributed by atoms with Crippen LogP contribution in [0.3, 0.4) is 0 Å². The summed E-state index contributed by atoms with van der Waals surface area (Å²) in [6, 6.07) is 4.86. The van der Waals surface area contributed by atoms with Crippen LogP contribution in [0.2, 0.25) is 5.02 Å². The predicted octanol–water partition coefficient (Wildman–Crippen LogP) is 5.54. The van der Waals surface area contributed by atoms with Gasteiger partial charge < -0.3 is 0 Å². The molecule has 146 valence electrons. The molecule has 2 atom stereocenters. The first-order valence-corrected chi connectivity index (χ1v) is 13.2. The molecule has 2 unspecified atom stereocenters. The van der Waals surface area contributed by atoms with Crippen LogP contribution >= 0.6 is 18.5 Å². The minimum absolute atomic E-state index is 0.133. The van der Waals surface area contributed by atoms with Crippen LogP contribution in [0.1, 0.15) is 57.4 Å². The molecule has 2 heterocycles. The number of hydrogen-bond acceptors (Lipinski definition) is 3. The summed E-state index contributed by atoms with van der Waals surface area (Å²) in [5.74, 6) is -0.137. The molecule has 1 aromatic rings. The number of nitrogens with one attached hydrogen (secondary N) is 2. The zero-order valence-electron chi connectivity index (χ0n) is 16.2. The van der Waals surface area contributed by atoms with Crippen molar-refractivity contribution < 1.29 is 4.39 Å². The van der Waals surface area contributed by atoms with E-state index in [1.807, 2.05) is 6.07 Å². The summed E-state index contributed by atoms with van der Waals surface area (Å²) in [5, 5.41) is 7.94. The molecule has 0 aliphatic carbocycles. The van der Waals surface area contributed by atoms with Crippen LogP contribution in [0.4, 0.5) is 4.39 Å². The first-order valence-electron chi connectivity index (χ1n) is 9.84. The van der Waals surface area contributed by atoms with Crippen molar-refractivity contribution in [1.82, 2.24) is 10.2 Å². The average Bonchev–Trinajstić information content (AvgIpc) is 2.57. The molecule has 0 aromatic heterocycles. The molecule has 3 nitrogen and oxygen atoms in total. The number of hydrogen-bond donors (Lipinski definition) is 2. The Labute approximate surface area is 162 Å². The molecule has 0 amide bonds. The molecule has 0 saturated carbocycles. The van der Waals surface area contributed by atoms with E-state index in [1.54, 1.807) is 6.07 Å². The van der Waals surface area contributed by atoms with Crippen LogP contribution in [0.25, 0.3) is 0 Å². The quantitative estimate of drug-likeness (QED) is 0.325. The second-order valence-corrected chi connectivity index (χ2v) is 14.3. The normalized spacial score (nSPS) is 26.0. The van der Waals surface area contributed by atoms with Crippen LogP contribution in [0.15, 0.2) is 23.2 Å². The standard InChI is InChI=1S/C20H32ClFN3P/c1-4-5-6-7-20(16-10-17(21)12-18(22)11-16)15(2)23-14-25-26(3)9-8-19(26)13-24-26/h10-12,19-20,24-25H,4-9,13-14H2,1-3H3/b23-15+. The third-order valence-corrected chi connectivity index (χ3v) is 12.7.